The number of nitrogens with zero attached hydrogens (tertiary/aromatic N) is 4. The molecule has 2 aliphatic rings. The number of rotatable bonds is 7. The van der Waals surface area contributed by atoms with Gasteiger partial charge >= 0.3 is 15.2 Å². The molecule has 2 saturated heterocycles. The first-order valence-corrected chi connectivity index (χ1v) is 14.2. The van der Waals surface area contributed by atoms with Gasteiger partial charge in [-0.1, -0.05) is 11.6 Å². The second-order valence-corrected chi connectivity index (χ2v) is 12.5. The molecular weight excluding hydrogens is 502 g/mol. The number of aliphatic hydroxyl groups excluding tert-OH is 2. The van der Waals surface area contributed by atoms with E-state index >= 15 is 0 Å². The molecule has 184 valence electrons. The van der Waals surface area contributed by atoms with Crippen molar-refractivity contribution in [2.45, 2.75) is 43.7 Å². The largest absolute Gasteiger partial charge is 0.387 e. The van der Waals surface area contributed by atoms with Crippen molar-refractivity contribution in [2.24, 2.45) is 0 Å². The predicted molar refractivity (Wildman–Crippen MR) is 116 cm³/mol. The predicted octanol–water partition coefficient (Wildman–Crippen LogP) is 0.872. The monoisotopic (exact) mass is 526 g/mol. The summed E-state index contributed by atoms with van der Waals surface area (Å²) in [6.07, 6.45) is -0.639. The minimum absolute atomic E-state index is 0.203. The molecule has 0 aliphatic carbocycles. The molecule has 4 heterocycles. The normalized spacial score (nSPS) is 28.4. The topological polar surface area (TPSA) is 187 Å². The molecule has 0 radical (unpaired) electrons. The first-order valence-electron chi connectivity index (χ1n) is 10.3. The highest BCUT2D eigenvalue weighted by Gasteiger charge is 2.46. The molecule has 0 bridgehead atoms. The number of piperidine rings is 1. The Morgan fingerprint density at radius 3 is 2.52 bits per heavy atom. The highest BCUT2D eigenvalue weighted by molar-refractivity contribution is 7.70. The van der Waals surface area contributed by atoms with Crippen molar-refractivity contribution < 1.29 is 43.3 Å². The molecule has 0 aromatic carbocycles. The standard InChI is InChI=1S/C17H25ClN4O9P2/c18-13-6-10(21-4-2-1-3-5-21)17-19-7-11(22(17)20-13)16-15(24)14(23)12(31-16)8-30-33(28,29)9-32(25,26)27/h6-7,12,14-16,23-24H,1-5,8-9H2,(H,28,29)(H2,25,26,27)/t12-,14-,15-,16?/m1/s1. The number of halogens is 1. The number of imidazole rings is 1. The van der Waals surface area contributed by atoms with Crippen molar-refractivity contribution in [1.29, 1.82) is 0 Å². The van der Waals surface area contributed by atoms with E-state index in [0.29, 0.717) is 11.3 Å². The Bertz CT molecular complexity index is 1110. The summed E-state index contributed by atoms with van der Waals surface area (Å²) in [5.41, 5.74) is 1.59. The summed E-state index contributed by atoms with van der Waals surface area (Å²) < 4.78 is 34.7. The smallest absolute Gasteiger partial charge is 0.340 e. The third kappa shape index (κ3) is 5.59. The van der Waals surface area contributed by atoms with E-state index in [1.807, 2.05) is 0 Å². The van der Waals surface area contributed by atoms with Crippen LogP contribution in [0.15, 0.2) is 12.3 Å². The summed E-state index contributed by atoms with van der Waals surface area (Å²) in [7, 11) is -9.45. The van der Waals surface area contributed by atoms with Crippen molar-refractivity contribution in [1.82, 2.24) is 14.6 Å². The van der Waals surface area contributed by atoms with Gasteiger partial charge in [-0.25, -0.2) is 9.50 Å². The summed E-state index contributed by atoms with van der Waals surface area (Å²) in [5.74, 6) is -1.37. The maximum absolute atomic E-state index is 11.9. The van der Waals surface area contributed by atoms with E-state index in [2.05, 4.69) is 15.0 Å². The Labute approximate surface area is 193 Å². The van der Waals surface area contributed by atoms with Crippen LogP contribution in [0.1, 0.15) is 31.1 Å². The van der Waals surface area contributed by atoms with Gasteiger partial charge in [-0.15, -0.1) is 0 Å². The molecule has 2 fully saturated rings. The van der Waals surface area contributed by atoms with Crippen molar-refractivity contribution in [3.05, 3.63) is 23.1 Å². The second kappa shape index (κ2) is 9.50. The molecule has 5 atom stereocenters. The third-order valence-electron chi connectivity index (χ3n) is 5.60. The van der Waals surface area contributed by atoms with Crippen LogP contribution in [0, 0.1) is 0 Å². The van der Waals surface area contributed by atoms with E-state index in [4.69, 9.17) is 30.6 Å². The minimum atomic E-state index is -4.80. The first-order chi connectivity index (χ1) is 15.5. The van der Waals surface area contributed by atoms with Gasteiger partial charge in [0.1, 0.15) is 24.4 Å². The van der Waals surface area contributed by atoms with Crippen LogP contribution in [-0.4, -0.2) is 83.4 Å². The van der Waals surface area contributed by atoms with E-state index in [1.54, 1.807) is 6.07 Å². The zero-order valence-corrected chi connectivity index (χ0v) is 19.9. The number of anilines is 1. The molecule has 2 unspecified atom stereocenters. The number of aliphatic hydroxyl groups is 2. The number of hydrogen-bond donors (Lipinski definition) is 5. The molecule has 4 rings (SSSR count). The van der Waals surface area contributed by atoms with E-state index in [-0.39, 0.29) is 5.15 Å². The van der Waals surface area contributed by atoms with Crippen LogP contribution in [0.5, 0.6) is 0 Å². The zero-order chi connectivity index (χ0) is 24.0. The highest BCUT2D eigenvalue weighted by Crippen LogP contribution is 2.55. The van der Waals surface area contributed by atoms with Gasteiger partial charge in [0.05, 0.1) is 24.2 Å². The van der Waals surface area contributed by atoms with Gasteiger partial charge in [0.25, 0.3) is 0 Å². The Balaban J connectivity index is 1.55. The zero-order valence-electron chi connectivity index (χ0n) is 17.3. The molecular formula is C17H25ClN4O9P2. The van der Waals surface area contributed by atoms with Gasteiger partial charge in [0.2, 0.25) is 0 Å². The minimum Gasteiger partial charge on any atom is -0.387 e. The average Bonchev–Trinajstić information content (AvgIpc) is 3.26. The Morgan fingerprint density at radius 1 is 1.15 bits per heavy atom. The Hall–Kier alpha value is -1.11. The number of aromatic nitrogens is 3. The van der Waals surface area contributed by atoms with Crippen LogP contribution in [0.25, 0.3) is 5.65 Å². The van der Waals surface area contributed by atoms with Crippen LogP contribution < -0.4 is 4.90 Å². The molecule has 13 nitrogen and oxygen atoms in total. The van der Waals surface area contributed by atoms with Crippen molar-refractivity contribution in [3.8, 4) is 0 Å². The van der Waals surface area contributed by atoms with Gasteiger partial charge < -0.3 is 39.1 Å². The fourth-order valence-electron chi connectivity index (χ4n) is 4.10. The van der Waals surface area contributed by atoms with Crippen LogP contribution >= 0.6 is 26.8 Å². The molecule has 33 heavy (non-hydrogen) atoms. The number of ether oxygens (including phenoxy) is 1. The van der Waals surface area contributed by atoms with E-state index in [0.717, 1.165) is 38.0 Å². The molecule has 2 aromatic heterocycles. The summed E-state index contributed by atoms with van der Waals surface area (Å²) in [4.78, 5) is 34.0. The average molecular weight is 527 g/mol. The van der Waals surface area contributed by atoms with Crippen molar-refractivity contribution in [3.63, 3.8) is 0 Å². The van der Waals surface area contributed by atoms with Crippen molar-refractivity contribution in [2.75, 3.05) is 30.5 Å². The molecule has 0 amide bonds. The summed E-state index contributed by atoms with van der Waals surface area (Å²) in [6.45, 7) is 1.01. The lowest BCUT2D eigenvalue weighted by atomic mass is 10.1. The molecule has 16 heteroatoms. The number of fused-ring (bicyclic) bond motifs is 1. The lowest BCUT2D eigenvalue weighted by Crippen LogP contribution is -2.33. The van der Waals surface area contributed by atoms with Crippen LogP contribution in [-0.2, 0) is 18.4 Å². The highest BCUT2D eigenvalue weighted by atomic mass is 35.5. The summed E-state index contributed by atoms with van der Waals surface area (Å²) in [6, 6.07) is 1.72. The van der Waals surface area contributed by atoms with E-state index < -0.39 is 52.1 Å². The quantitative estimate of drug-likeness (QED) is 0.321. The molecule has 2 aromatic rings. The van der Waals surface area contributed by atoms with Gasteiger partial charge in [-0.05, 0) is 19.3 Å². The van der Waals surface area contributed by atoms with Crippen LogP contribution in [0.4, 0.5) is 5.69 Å². The van der Waals surface area contributed by atoms with Crippen LogP contribution in [0.2, 0.25) is 5.15 Å². The van der Waals surface area contributed by atoms with Crippen LogP contribution in [0.3, 0.4) is 0 Å². The Kier molecular flexibility index (Phi) is 7.20. The van der Waals surface area contributed by atoms with E-state index in [9.17, 15) is 24.2 Å². The Morgan fingerprint density at radius 2 is 1.85 bits per heavy atom. The second-order valence-electron chi connectivity index (χ2n) is 8.13. The number of hydrogen-bond acceptors (Lipinski definition) is 9. The molecule has 5 N–H and O–H groups in total. The lowest BCUT2D eigenvalue weighted by molar-refractivity contribution is -0.0204. The van der Waals surface area contributed by atoms with Gasteiger partial charge in [0, 0.05) is 19.2 Å². The van der Waals surface area contributed by atoms with Gasteiger partial charge in [-0.2, -0.15) is 5.10 Å². The molecule has 0 spiro atoms. The summed E-state index contributed by atoms with van der Waals surface area (Å²) in [5, 5.41) is 25.4. The SMILES string of the molecule is O=P(O)(O)CP(=O)(O)OC[C@H]1OC(c2cnc3c(N4CCCCC4)cc(Cl)nn23)[C@H](O)[C@@H]1O. The fraction of sp³-hybridized carbons (Fsp3) is 0.647. The van der Waals surface area contributed by atoms with E-state index in [1.165, 1.54) is 10.7 Å². The molecule has 2 aliphatic heterocycles. The molecule has 0 saturated carbocycles. The maximum atomic E-state index is 11.9. The first kappa shape index (κ1) is 25.0. The summed E-state index contributed by atoms with van der Waals surface area (Å²) >= 11 is 6.24. The third-order valence-corrected chi connectivity index (χ3v) is 9.24. The van der Waals surface area contributed by atoms with Gasteiger partial charge in [0.15, 0.2) is 16.7 Å². The lowest BCUT2D eigenvalue weighted by Gasteiger charge is -2.29. The van der Waals surface area contributed by atoms with Gasteiger partial charge in [-0.3, -0.25) is 9.13 Å². The maximum Gasteiger partial charge on any atom is 0.340 e. The van der Waals surface area contributed by atoms with Crippen molar-refractivity contribution >= 4 is 38.1 Å². The fourth-order valence-corrected chi connectivity index (χ4v) is 6.84.